The molecule has 0 spiro atoms. The van der Waals surface area contributed by atoms with Gasteiger partial charge in [0.1, 0.15) is 0 Å². The van der Waals surface area contributed by atoms with Gasteiger partial charge in [0, 0.05) is 32.5 Å². The van der Waals surface area contributed by atoms with Gasteiger partial charge in [0.05, 0.1) is 0 Å². The molecule has 3 saturated heterocycles. The lowest BCUT2D eigenvalue weighted by Crippen LogP contribution is -2.40. The summed E-state index contributed by atoms with van der Waals surface area (Å²) in [5, 5.41) is 5.89. The van der Waals surface area contributed by atoms with Crippen LogP contribution in [0.2, 0.25) is 0 Å². The molecule has 1 saturated carbocycles. The third kappa shape index (κ3) is 6.31. The predicted octanol–water partition coefficient (Wildman–Crippen LogP) is 3.84. The Kier molecular flexibility index (Phi) is 8.15. The summed E-state index contributed by atoms with van der Waals surface area (Å²) in [6.45, 7) is 19.3. The molecule has 2 N–H and O–H groups in total. The molecule has 4 aliphatic rings. The molecule has 5 nitrogen and oxygen atoms in total. The van der Waals surface area contributed by atoms with Crippen molar-refractivity contribution < 1.29 is 9.59 Å². The Bertz CT molecular complexity index is 707. The van der Waals surface area contributed by atoms with Crippen molar-refractivity contribution in [2.45, 2.75) is 58.3 Å². The molecule has 1 aliphatic carbocycles. The number of piperidine rings is 1. The molecule has 0 aromatic heterocycles. The summed E-state index contributed by atoms with van der Waals surface area (Å²) in [5.74, 6) is 1.42. The molecule has 5 heteroatoms. The highest BCUT2D eigenvalue weighted by atomic mass is 16.2. The Morgan fingerprint density at radius 2 is 1.71 bits per heavy atom. The molecule has 3 heterocycles. The lowest BCUT2D eigenvalue weighted by atomic mass is 9.61. The molecule has 0 aromatic carbocycles. The van der Waals surface area contributed by atoms with Gasteiger partial charge in [-0.3, -0.25) is 14.5 Å². The van der Waals surface area contributed by atoms with E-state index in [1.165, 1.54) is 5.57 Å². The lowest BCUT2D eigenvalue weighted by Gasteiger charge is -2.45. The van der Waals surface area contributed by atoms with E-state index in [1.54, 1.807) is 0 Å². The lowest BCUT2D eigenvalue weighted by molar-refractivity contribution is -0.122. The molecular weight excluding hydrogens is 386 g/mol. The highest BCUT2D eigenvalue weighted by molar-refractivity contribution is 5.79. The highest BCUT2D eigenvalue weighted by Crippen LogP contribution is 2.49. The van der Waals surface area contributed by atoms with Crippen LogP contribution in [0.5, 0.6) is 0 Å². The maximum absolute atomic E-state index is 12.2. The fraction of sp³-hybridized carbons (Fsp3) is 0.692. The van der Waals surface area contributed by atoms with Gasteiger partial charge in [0.25, 0.3) is 0 Å². The van der Waals surface area contributed by atoms with Gasteiger partial charge in [0.2, 0.25) is 11.8 Å². The number of rotatable bonds is 1. The van der Waals surface area contributed by atoms with Gasteiger partial charge >= 0.3 is 0 Å². The van der Waals surface area contributed by atoms with Gasteiger partial charge in [-0.1, -0.05) is 37.3 Å². The van der Waals surface area contributed by atoms with Crippen LogP contribution in [0.25, 0.3) is 0 Å². The average molecular weight is 428 g/mol. The largest absolute Gasteiger partial charge is 0.356 e. The molecular formula is C26H41N3O2. The minimum absolute atomic E-state index is 0.0292. The first kappa shape index (κ1) is 23.8. The van der Waals surface area contributed by atoms with Crippen molar-refractivity contribution in [3.8, 4) is 0 Å². The summed E-state index contributed by atoms with van der Waals surface area (Å²) in [6, 6.07) is 0. The van der Waals surface area contributed by atoms with Crippen LogP contribution in [0.3, 0.4) is 0 Å². The quantitative estimate of drug-likeness (QED) is 0.625. The highest BCUT2D eigenvalue weighted by Gasteiger charge is 2.40. The van der Waals surface area contributed by atoms with Crippen molar-refractivity contribution in [2.24, 2.45) is 23.2 Å². The fourth-order valence-electron chi connectivity index (χ4n) is 5.59. The van der Waals surface area contributed by atoms with E-state index in [2.05, 4.69) is 48.3 Å². The Labute approximate surface area is 188 Å². The number of hydrogen-bond donors (Lipinski definition) is 2. The molecule has 0 unspecified atom stereocenters. The minimum atomic E-state index is -0.0292. The van der Waals surface area contributed by atoms with E-state index >= 15 is 0 Å². The number of hydrogen-bond acceptors (Lipinski definition) is 3. The monoisotopic (exact) mass is 427 g/mol. The molecule has 0 aromatic rings. The summed E-state index contributed by atoms with van der Waals surface area (Å²) in [5.41, 5.74) is 2.47. The molecule has 172 valence electrons. The zero-order chi connectivity index (χ0) is 22.4. The van der Waals surface area contributed by atoms with Gasteiger partial charge in [-0.2, -0.15) is 0 Å². The van der Waals surface area contributed by atoms with Crippen molar-refractivity contribution >= 4 is 11.8 Å². The predicted molar refractivity (Wildman–Crippen MR) is 126 cm³/mol. The van der Waals surface area contributed by atoms with Crippen LogP contribution in [0.1, 0.15) is 58.3 Å². The van der Waals surface area contributed by atoms with E-state index in [9.17, 15) is 9.59 Å². The first-order chi connectivity index (χ1) is 14.8. The van der Waals surface area contributed by atoms with Gasteiger partial charge in [-0.25, -0.2) is 0 Å². The summed E-state index contributed by atoms with van der Waals surface area (Å²) >= 11 is 0. The summed E-state index contributed by atoms with van der Waals surface area (Å²) in [7, 11) is 0. The van der Waals surface area contributed by atoms with Crippen molar-refractivity contribution in [3.63, 3.8) is 0 Å². The summed E-state index contributed by atoms with van der Waals surface area (Å²) in [4.78, 5) is 26.9. The fourth-order valence-corrected chi connectivity index (χ4v) is 5.59. The second kappa shape index (κ2) is 10.6. The number of allylic oxidation sites excluding steroid dienone is 1. The second-order valence-electron chi connectivity index (χ2n) is 10.2. The Morgan fingerprint density at radius 3 is 2.42 bits per heavy atom. The summed E-state index contributed by atoms with van der Waals surface area (Å²) < 4.78 is 0. The SMILES string of the molecule is C=C[C@]1(C)CC[C@@H]2C[C@H]1C(=C)CN1CCC(CCC(=O)NCCC(=O)NCC2=C)CC1. The molecule has 3 atom stereocenters. The third-order valence-electron chi connectivity index (χ3n) is 7.98. The van der Waals surface area contributed by atoms with E-state index in [0.717, 1.165) is 63.7 Å². The number of fused-ring (bicyclic) bond motifs is 12. The van der Waals surface area contributed by atoms with E-state index in [4.69, 9.17) is 0 Å². The molecule has 4 bridgehead atoms. The average Bonchev–Trinajstić information content (AvgIpc) is 2.76. The number of carbonyl (C=O) groups excluding carboxylic acids is 2. The standard InChI is InChI=1S/C26H41N3O2/c1-5-26(4)12-8-22-16-23(26)20(3)18-29-14-10-21(11-15-29)6-7-24(30)27-13-9-25(31)28-17-19(22)2/h5,21-23H,1-3,6-18H2,4H3,(H,27,30)(H,28,31)/t22-,23+,26-/m1/s1. The maximum atomic E-state index is 12.2. The molecule has 31 heavy (non-hydrogen) atoms. The summed E-state index contributed by atoms with van der Waals surface area (Å²) in [6.07, 6.45) is 9.41. The maximum Gasteiger partial charge on any atom is 0.222 e. The second-order valence-corrected chi connectivity index (χ2v) is 10.2. The zero-order valence-electron chi connectivity index (χ0n) is 19.4. The van der Waals surface area contributed by atoms with Crippen LogP contribution in [0.15, 0.2) is 37.0 Å². The molecule has 4 rings (SSSR count). The third-order valence-corrected chi connectivity index (χ3v) is 7.98. The smallest absolute Gasteiger partial charge is 0.222 e. The number of nitrogens with one attached hydrogen (secondary N) is 2. The minimum Gasteiger partial charge on any atom is -0.356 e. The number of nitrogens with zero attached hydrogens (tertiary/aromatic N) is 1. The first-order valence-corrected chi connectivity index (χ1v) is 12.1. The molecule has 3 aliphatic heterocycles. The molecule has 4 fully saturated rings. The number of amides is 2. The van der Waals surface area contributed by atoms with Gasteiger partial charge in [0.15, 0.2) is 0 Å². The zero-order valence-corrected chi connectivity index (χ0v) is 19.4. The van der Waals surface area contributed by atoms with E-state index in [0.29, 0.717) is 43.7 Å². The van der Waals surface area contributed by atoms with Crippen molar-refractivity contribution in [2.75, 3.05) is 32.7 Å². The molecule has 0 radical (unpaired) electrons. The van der Waals surface area contributed by atoms with Crippen molar-refractivity contribution in [3.05, 3.63) is 37.0 Å². The van der Waals surface area contributed by atoms with Crippen LogP contribution < -0.4 is 10.6 Å². The Morgan fingerprint density at radius 1 is 1.00 bits per heavy atom. The Balaban J connectivity index is 1.72. The molecule has 2 amide bonds. The van der Waals surface area contributed by atoms with Crippen molar-refractivity contribution in [1.29, 1.82) is 0 Å². The van der Waals surface area contributed by atoms with Crippen LogP contribution in [0, 0.1) is 23.2 Å². The number of carbonyl (C=O) groups is 2. The normalized spacial score (nSPS) is 36.5. The van der Waals surface area contributed by atoms with Crippen LogP contribution in [-0.4, -0.2) is 49.4 Å². The van der Waals surface area contributed by atoms with Gasteiger partial charge in [-0.05, 0) is 74.8 Å². The first-order valence-electron chi connectivity index (χ1n) is 12.1. The van der Waals surface area contributed by atoms with Gasteiger partial charge < -0.3 is 10.6 Å². The van der Waals surface area contributed by atoms with Crippen molar-refractivity contribution in [1.82, 2.24) is 15.5 Å². The van der Waals surface area contributed by atoms with Crippen LogP contribution in [0.4, 0.5) is 0 Å². The van der Waals surface area contributed by atoms with Crippen LogP contribution >= 0.6 is 0 Å². The van der Waals surface area contributed by atoms with E-state index in [-0.39, 0.29) is 17.2 Å². The Hall–Kier alpha value is -1.88. The van der Waals surface area contributed by atoms with Crippen LogP contribution in [-0.2, 0) is 9.59 Å². The topological polar surface area (TPSA) is 61.4 Å². The van der Waals surface area contributed by atoms with Gasteiger partial charge in [-0.15, -0.1) is 6.58 Å². The van der Waals surface area contributed by atoms with E-state index in [1.807, 2.05) is 0 Å². The van der Waals surface area contributed by atoms with E-state index < -0.39 is 0 Å².